The molecule has 24 heavy (non-hydrogen) atoms. The predicted molar refractivity (Wildman–Crippen MR) is 87.8 cm³/mol. The number of halogens is 3. The number of nitrogens with zero attached hydrogens (tertiary/aromatic N) is 4. The van der Waals surface area contributed by atoms with Crippen molar-refractivity contribution in [3.05, 3.63) is 42.2 Å². The molecule has 9 heteroatoms. The lowest BCUT2D eigenvalue weighted by molar-refractivity contribution is -0.137. The zero-order valence-corrected chi connectivity index (χ0v) is 14.0. The molecule has 0 fully saturated rings. The third-order valence-corrected chi connectivity index (χ3v) is 4.89. The molecular formula is C15H11F3N4S2. The number of alkyl halides is 3. The standard InChI is InChI=1S/C15H11F3N4S2/c1-2-23-11-4-3-7-19-12(11)14-22-21-13(24-14)10-6-5-9(8-20-10)15(16,17)18/h3-8H,2H2,1H3. The average Bonchev–Trinajstić information content (AvgIpc) is 3.05. The second kappa shape index (κ2) is 6.86. The molecule has 0 aliphatic heterocycles. The van der Waals surface area contributed by atoms with Gasteiger partial charge in [-0.2, -0.15) is 13.2 Å². The number of thioether (sulfide) groups is 1. The maximum atomic E-state index is 12.6. The van der Waals surface area contributed by atoms with Crippen LogP contribution < -0.4 is 0 Å². The molecule has 3 rings (SSSR count). The summed E-state index contributed by atoms with van der Waals surface area (Å²) in [6, 6.07) is 6.09. The minimum Gasteiger partial charge on any atom is -0.253 e. The topological polar surface area (TPSA) is 51.6 Å². The molecule has 0 atom stereocenters. The van der Waals surface area contributed by atoms with Crippen LogP contribution in [0, 0.1) is 0 Å². The Bertz CT molecular complexity index is 831. The molecule has 0 saturated heterocycles. The Morgan fingerprint density at radius 3 is 2.54 bits per heavy atom. The van der Waals surface area contributed by atoms with Gasteiger partial charge in [0.05, 0.1) is 5.56 Å². The first-order valence-corrected chi connectivity index (χ1v) is 8.74. The van der Waals surface area contributed by atoms with E-state index in [4.69, 9.17) is 0 Å². The van der Waals surface area contributed by atoms with Crippen LogP contribution in [0.25, 0.3) is 21.4 Å². The van der Waals surface area contributed by atoms with E-state index in [-0.39, 0.29) is 0 Å². The normalized spacial score (nSPS) is 11.7. The van der Waals surface area contributed by atoms with Crippen molar-refractivity contribution in [2.45, 2.75) is 18.0 Å². The van der Waals surface area contributed by atoms with Gasteiger partial charge in [-0.3, -0.25) is 9.97 Å². The Labute approximate surface area is 144 Å². The average molecular weight is 368 g/mol. The Hall–Kier alpha value is -2.00. The van der Waals surface area contributed by atoms with E-state index in [1.807, 2.05) is 19.1 Å². The molecule has 0 bridgehead atoms. The molecule has 3 aromatic rings. The third-order valence-electron chi connectivity index (χ3n) is 3.01. The van der Waals surface area contributed by atoms with Crippen LogP contribution >= 0.6 is 23.1 Å². The molecule has 124 valence electrons. The minimum absolute atomic E-state index is 0.354. The van der Waals surface area contributed by atoms with E-state index in [0.717, 1.165) is 28.6 Å². The maximum absolute atomic E-state index is 12.6. The van der Waals surface area contributed by atoms with Crippen molar-refractivity contribution in [2.24, 2.45) is 0 Å². The van der Waals surface area contributed by atoms with E-state index in [1.165, 1.54) is 17.4 Å². The summed E-state index contributed by atoms with van der Waals surface area (Å²) in [6.45, 7) is 2.04. The van der Waals surface area contributed by atoms with Gasteiger partial charge >= 0.3 is 6.18 Å². The van der Waals surface area contributed by atoms with Crippen molar-refractivity contribution in [1.82, 2.24) is 20.2 Å². The monoisotopic (exact) mass is 368 g/mol. The predicted octanol–water partition coefficient (Wildman–Crippen LogP) is 4.79. The first-order valence-electron chi connectivity index (χ1n) is 6.94. The van der Waals surface area contributed by atoms with E-state index in [2.05, 4.69) is 20.2 Å². The molecule has 0 unspecified atom stereocenters. The van der Waals surface area contributed by atoms with Gasteiger partial charge in [-0.1, -0.05) is 18.3 Å². The summed E-state index contributed by atoms with van der Waals surface area (Å²) >= 11 is 2.89. The first kappa shape index (κ1) is 16.8. The van der Waals surface area contributed by atoms with Crippen LogP contribution in [0.4, 0.5) is 13.2 Å². The molecule has 3 heterocycles. The van der Waals surface area contributed by atoms with Crippen molar-refractivity contribution in [3.8, 4) is 21.4 Å². The molecule has 0 aliphatic rings. The van der Waals surface area contributed by atoms with Gasteiger partial charge in [0.15, 0.2) is 10.0 Å². The molecule has 3 aromatic heterocycles. The summed E-state index contributed by atoms with van der Waals surface area (Å²) in [5.41, 5.74) is 0.287. The Morgan fingerprint density at radius 1 is 1.08 bits per heavy atom. The van der Waals surface area contributed by atoms with Gasteiger partial charge in [0.25, 0.3) is 0 Å². The molecule has 4 nitrogen and oxygen atoms in total. The fourth-order valence-corrected chi connectivity index (χ4v) is 3.60. The molecule has 0 N–H and O–H groups in total. The number of rotatable bonds is 4. The van der Waals surface area contributed by atoms with Crippen LogP contribution in [0.3, 0.4) is 0 Å². The summed E-state index contributed by atoms with van der Waals surface area (Å²) in [5, 5.41) is 9.21. The van der Waals surface area contributed by atoms with Gasteiger partial charge in [0.1, 0.15) is 11.4 Å². The van der Waals surface area contributed by atoms with Gasteiger partial charge in [-0.05, 0) is 30.0 Å². The quantitative estimate of drug-likeness (QED) is 0.620. The van der Waals surface area contributed by atoms with Crippen molar-refractivity contribution in [2.75, 3.05) is 5.75 Å². The molecule has 0 amide bonds. The van der Waals surface area contributed by atoms with Crippen LogP contribution in [-0.4, -0.2) is 25.9 Å². The van der Waals surface area contributed by atoms with Crippen LogP contribution in [0.2, 0.25) is 0 Å². The smallest absolute Gasteiger partial charge is 0.253 e. The number of aromatic nitrogens is 4. The lowest BCUT2D eigenvalue weighted by atomic mass is 10.2. The van der Waals surface area contributed by atoms with Crippen molar-refractivity contribution >= 4 is 23.1 Å². The van der Waals surface area contributed by atoms with Crippen molar-refractivity contribution in [1.29, 1.82) is 0 Å². The Kier molecular flexibility index (Phi) is 4.81. The van der Waals surface area contributed by atoms with Gasteiger partial charge in [0, 0.05) is 17.3 Å². The van der Waals surface area contributed by atoms with Gasteiger partial charge < -0.3 is 0 Å². The Morgan fingerprint density at radius 2 is 1.88 bits per heavy atom. The van der Waals surface area contributed by atoms with E-state index in [0.29, 0.717) is 15.7 Å². The Balaban J connectivity index is 1.91. The van der Waals surface area contributed by atoms with E-state index < -0.39 is 11.7 Å². The van der Waals surface area contributed by atoms with Crippen molar-refractivity contribution < 1.29 is 13.2 Å². The van der Waals surface area contributed by atoms with Crippen LogP contribution in [0.5, 0.6) is 0 Å². The molecular weight excluding hydrogens is 357 g/mol. The fourth-order valence-electron chi connectivity index (χ4n) is 1.93. The number of hydrogen-bond donors (Lipinski definition) is 0. The third kappa shape index (κ3) is 3.57. The summed E-state index contributed by atoms with van der Waals surface area (Å²) in [6.07, 6.45) is -1.93. The van der Waals surface area contributed by atoms with E-state index in [1.54, 1.807) is 18.0 Å². The van der Waals surface area contributed by atoms with Gasteiger partial charge in [-0.15, -0.1) is 22.0 Å². The molecule has 0 radical (unpaired) electrons. The molecule has 0 aromatic carbocycles. The van der Waals surface area contributed by atoms with Crippen molar-refractivity contribution in [3.63, 3.8) is 0 Å². The first-order chi connectivity index (χ1) is 11.5. The second-order valence-electron chi connectivity index (χ2n) is 4.63. The lowest BCUT2D eigenvalue weighted by Crippen LogP contribution is -2.05. The lowest BCUT2D eigenvalue weighted by Gasteiger charge is -2.05. The van der Waals surface area contributed by atoms with E-state index >= 15 is 0 Å². The highest BCUT2D eigenvalue weighted by molar-refractivity contribution is 7.99. The van der Waals surface area contributed by atoms with Crippen LogP contribution in [0.1, 0.15) is 12.5 Å². The van der Waals surface area contributed by atoms with Gasteiger partial charge in [0.2, 0.25) is 0 Å². The minimum atomic E-state index is -4.40. The highest BCUT2D eigenvalue weighted by Crippen LogP contribution is 2.34. The second-order valence-corrected chi connectivity index (χ2v) is 6.91. The highest BCUT2D eigenvalue weighted by Gasteiger charge is 2.30. The van der Waals surface area contributed by atoms with Gasteiger partial charge in [-0.25, -0.2) is 0 Å². The highest BCUT2D eigenvalue weighted by atomic mass is 32.2. The molecule has 0 aliphatic carbocycles. The summed E-state index contributed by atoms with van der Waals surface area (Å²) in [4.78, 5) is 9.17. The number of hydrogen-bond acceptors (Lipinski definition) is 6. The number of pyridine rings is 2. The SMILES string of the molecule is CCSc1cccnc1-c1nnc(-c2ccc(C(F)(F)F)cn2)s1. The maximum Gasteiger partial charge on any atom is 0.417 e. The molecule has 0 spiro atoms. The summed E-state index contributed by atoms with van der Waals surface area (Å²) < 4.78 is 37.8. The van der Waals surface area contributed by atoms with Crippen LogP contribution in [0.15, 0.2) is 41.6 Å². The largest absolute Gasteiger partial charge is 0.417 e. The van der Waals surface area contributed by atoms with E-state index in [9.17, 15) is 13.2 Å². The zero-order chi connectivity index (χ0) is 17.2. The molecule has 0 saturated carbocycles. The zero-order valence-electron chi connectivity index (χ0n) is 12.4. The van der Waals surface area contributed by atoms with Crippen LogP contribution in [-0.2, 0) is 6.18 Å². The summed E-state index contributed by atoms with van der Waals surface area (Å²) in [5.74, 6) is 0.894. The summed E-state index contributed by atoms with van der Waals surface area (Å²) in [7, 11) is 0. The fraction of sp³-hybridized carbons (Fsp3) is 0.200.